The predicted octanol–water partition coefficient (Wildman–Crippen LogP) is 3.06. The van der Waals surface area contributed by atoms with Crippen LogP contribution in [0, 0.1) is 0 Å². The molecule has 1 atom stereocenters. The molecule has 1 aromatic rings. The number of carbonyl (C=O) groups excluding carboxylic acids is 1. The first-order valence-electron chi connectivity index (χ1n) is 6.55. The van der Waals surface area contributed by atoms with Gasteiger partial charge in [-0.25, -0.2) is 4.79 Å². The maximum Gasteiger partial charge on any atom is 0.410 e. The highest BCUT2D eigenvalue weighted by molar-refractivity contribution is 7.10. The molecule has 2 heterocycles. The van der Waals surface area contributed by atoms with E-state index < -0.39 is 23.7 Å². The Balaban J connectivity index is 2.24. The number of hydrogen-bond acceptors (Lipinski definition) is 4. The quantitative estimate of drug-likeness (QED) is 0.911. The zero-order valence-electron chi connectivity index (χ0n) is 11.9. The minimum absolute atomic E-state index is 0.0943. The van der Waals surface area contributed by atoms with Crippen LogP contribution in [0.1, 0.15) is 43.7 Å². The van der Waals surface area contributed by atoms with Gasteiger partial charge in [-0.2, -0.15) is 0 Å². The summed E-state index contributed by atoms with van der Waals surface area (Å²) in [5.41, 5.74) is 0.356. The van der Waals surface area contributed by atoms with Gasteiger partial charge in [-0.15, -0.1) is 11.3 Å². The maximum atomic E-state index is 12.3. The minimum Gasteiger partial charge on any atom is -0.481 e. The van der Waals surface area contributed by atoms with Gasteiger partial charge in [-0.3, -0.25) is 4.79 Å². The van der Waals surface area contributed by atoms with Gasteiger partial charge in [0.1, 0.15) is 5.60 Å². The topological polar surface area (TPSA) is 66.8 Å². The van der Waals surface area contributed by atoms with Crippen molar-refractivity contribution in [2.45, 2.75) is 45.3 Å². The first-order valence-corrected chi connectivity index (χ1v) is 7.43. The first kappa shape index (κ1) is 14.8. The molecule has 6 heteroatoms. The number of carboxylic acids is 1. The average molecular weight is 297 g/mol. The Labute approximate surface area is 122 Å². The Kier molecular flexibility index (Phi) is 4.04. The van der Waals surface area contributed by atoms with E-state index in [4.69, 9.17) is 9.84 Å². The van der Waals surface area contributed by atoms with E-state index in [1.165, 1.54) is 4.90 Å². The molecule has 20 heavy (non-hydrogen) atoms. The van der Waals surface area contributed by atoms with Crippen molar-refractivity contribution in [3.63, 3.8) is 0 Å². The van der Waals surface area contributed by atoms with Gasteiger partial charge in [-0.1, -0.05) is 0 Å². The van der Waals surface area contributed by atoms with Gasteiger partial charge in [0.25, 0.3) is 0 Å². The van der Waals surface area contributed by atoms with Gasteiger partial charge in [0.2, 0.25) is 0 Å². The van der Waals surface area contributed by atoms with E-state index in [0.29, 0.717) is 6.54 Å². The van der Waals surface area contributed by atoms with E-state index in [1.54, 1.807) is 32.1 Å². The van der Waals surface area contributed by atoms with Gasteiger partial charge >= 0.3 is 12.1 Å². The molecule has 0 radical (unpaired) electrons. The van der Waals surface area contributed by atoms with Crippen LogP contribution in [-0.2, 0) is 16.0 Å². The Morgan fingerprint density at radius 1 is 1.50 bits per heavy atom. The molecule has 2 rings (SSSR count). The van der Waals surface area contributed by atoms with Gasteiger partial charge in [0.15, 0.2) is 0 Å². The highest BCUT2D eigenvalue weighted by Crippen LogP contribution is 2.36. The third-order valence-electron chi connectivity index (χ3n) is 3.09. The second kappa shape index (κ2) is 5.44. The molecule has 1 N–H and O–H groups in total. The second-order valence-electron chi connectivity index (χ2n) is 5.84. The summed E-state index contributed by atoms with van der Waals surface area (Å²) in [5, 5.41) is 11.0. The van der Waals surface area contributed by atoms with E-state index in [-0.39, 0.29) is 6.42 Å². The summed E-state index contributed by atoms with van der Waals surface area (Å²) in [4.78, 5) is 26.0. The molecule has 1 aliphatic heterocycles. The molecule has 0 fully saturated rings. The fourth-order valence-corrected chi connectivity index (χ4v) is 3.25. The summed E-state index contributed by atoms with van der Waals surface area (Å²) >= 11 is 1.61. The van der Waals surface area contributed by atoms with Crippen LogP contribution < -0.4 is 0 Å². The standard InChI is InChI=1S/C14H19NO4S/c1-14(2,3)19-13(18)15-6-4-11-9(5-7-20-11)10(15)8-12(16)17/h5,7,10H,4,6,8H2,1-3H3,(H,16,17). The molecule has 0 saturated carbocycles. The largest absolute Gasteiger partial charge is 0.481 e. The van der Waals surface area contributed by atoms with E-state index in [0.717, 1.165) is 16.9 Å². The fraction of sp³-hybridized carbons (Fsp3) is 0.571. The average Bonchev–Trinajstić information content (AvgIpc) is 2.74. The van der Waals surface area contributed by atoms with E-state index in [2.05, 4.69) is 0 Å². The fourth-order valence-electron chi connectivity index (χ4n) is 2.32. The van der Waals surface area contributed by atoms with Gasteiger partial charge < -0.3 is 14.7 Å². The lowest BCUT2D eigenvalue weighted by Gasteiger charge is -2.36. The molecule has 0 spiro atoms. The van der Waals surface area contributed by atoms with Gasteiger partial charge in [-0.05, 0) is 44.2 Å². The molecular formula is C14H19NO4S. The minimum atomic E-state index is -0.914. The third kappa shape index (κ3) is 3.30. The zero-order valence-corrected chi connectivity index (χ0v) is 12.7. The predicted molar refractivity (Wildman–Crippen MR) is 76.0 cm³/mol. The van der Waals surface area contributed by atoms with Crippen molar-refractivity contribution in [3.05, 3.63) is 21.9 Å². The molecule has 0 aliphatic carbocycles. The van der Waals surface area contributed by atoms with E-state index >= 15 is 0 Å². The van der Waals surface area contributed by atoms with Crippen molar-refractivity contribution in [1.82, 2.24) is 4.90 Å². The van der Waals surface area contributed by atoms with Crippen LogP contribution in [0.4, 0.5) is 4.79 Å². The van der Waals surface area contributed by atoms with Crippen LogP contribution in [0.3, 0.4) is 0 Å². The lowest BCUT2D eigenvalue weighted by Crippen LogP contribution is -2.43. The highest BCUT2D eigenvalue weighted by Gasteiger charge is 2.35. The SMILES string of the molecule is CC(C)(C)OC(=O)N1CCc2sccc2C1CC(=O)O. The summed E-state index contributed by atoms with van der Waals surface area (Å²) in [6.45, 7) is 5.91. The summed E-state index contributed by atoms with van der Waals surface area (Å²) in [5.74, 6) is -0.914. The van der Waals surface area contributed by atoms with Crippen LogP contribution in [-0.4, -0.2) is 34.2 Å². The smallest absolute Gasteiger partial charge is 0.410 e. The van der Waals surface area contributed by atoms with Gasteiger partial charge in [0.05, 0.1) is 12.5 Å². The highest BCUT2D eigenvalue weighted by atomic mass is 32.1. The molecule has 5 nitrogen and oxygen atoms in total. The van der Waals surface area contributed by atoms with Crippen molar-refractivity contribution in [3.8, 4) is 0 Å². The molecule has 0 bridgehead atoms. The van der Waals surface area contributed by atoms with E-state index in [9.17, 15) is 9.59 Å². The monoisotopic (exact) mass is 297 g/mol. The number of aliphatic carboxylic acids is 1. The lowest BCUT2D eigenvalue weighted by atomic mass is 9.98. The number of carbonyl (C=O) groups is 2. The van der Waals surface area contributed by atoms with E-state index in [1.807, 2.05) is 11.4 Å². The molecule has 0 aromatic carbocycles. The Morgan fingerprint density at radius 3 is 2.80 bits per heavy atom. The van der Waals surface area contributed by atoms with Crippen molar-refractivity contribution in [1.29, 1.82) is 0 Å². The number of rotatable bonds is 2. The van der Waals surface area contributed by atoms with Crippen molar-refractivity contribution < 1.29 is 19.4 Å². The van der Waals surface area contributed by atoms with Crippen LogP contribution in [0.25, 0.3) is 0 Å². The molecule has 110 valence electrons. The third-order valence-corrected chi connectivity index (χ3v) is 4.09. The number of thiophene rings is 1. The van der Waals surface area contributed by atoms with Crippen molar-refractivity contribution in [2.24, 2.45) is 0 Å². The van der Waals surface area contributed by atoms with Gasteiger partial charge in [0, 0.05) is 11.4 Å². The van der Waals surface area contributed by atoms with Crippen LogP contribution >= 0.6 is 11.3 Å². The molecule has 1 amide bonds. The summed E-state index contributed by atoms with van der Waals surface area (Å²) < 4.78 is 5.38. The van der Waals surface area contributed by atoms with Crippen LogP contribution in [0.2, 0.25) is 0 Å². The Hall–Kier alpha value is -1.56. The van der Waals surface area contributed by atoms with Crippen molar-refractivity contribution in [2.75, 3.05) is 6.54 Å². The number of ether oxygens (including phenoxy) is 1. The lowest BCUT2D eigenvalue weighted by molar-refractivity contribution is -0.138. The Morgan fingerprint density at radius 2 is 2.20 bits per heavy atom. The molecule has 1 aliphatic rings. The second-order valence-corrected chi connectivity index (χ2v) is 6.84. The number of fused-ring (bicyclic) bond motifs is 1. The normalized spacial score (nSPS) is 18.6. The maximum absolute atomic E-state index is 12.3. The van der Waals surface area contributed by atoms with Crippen LogP contribution in [0.15, 0.2) is 11.4 Å². The number of hydrogen-bond donors (Lipinski definition) is 1. The number of nitrogens with zero attached hydrogens (tertiary/aromatic N) is 1. The number of amides is 1. The van der Waals surface area contributed by atoms with Crippen molar-refractivity contribution >= 4 is 23.4 Å². The zero-order chi connectivity index (χ0) is 14.9. The Bertz CT molecular complexity index is 517. The molecule has 1 unspecified atom stereocenters. The number of carboxylic acid groups (broad SMARTS) is 1. The molecular weight excluding hydrogens is 278 g/mol. The molecule has 1 aromatic heterocycles. The summed E-state index contributed by atoms with van der Waals surface area (Å²) in [6, 6.07) is 1.47. The summed E-state index contributed by atoms with van der Waals surface area (Å²) in [7, 11) is 0. The first-order chi connectivity index (χ1) is 9.28. The van der Waals surface area contributed by atoms with Crippen LogP contribution in [0.5, 0.6) is 0 Å². The summed E-state index contributed by atoms with van der Waals surface area (Å²) in [6.07, 6.45) is 0.214. The molecule has 0 saturated heterocycles.